The maximum atomic E-state index is 15.3. The topological polar surface area (TPSA) is 85.0 Å². The summed E-state index contributed by atoms with van der Waals surface area (Å²) >= 11 is 6.13. The smallest absolute Gasteiger partial charge is 0.245 e. The fourth-order valence-electron chi connectivity index (χ4n) is 7.08. The van der Waals surface area contributed by atoms with Crippen molar-refractivity contribution in [1.82, 2.24) is 25.3 Å². The van der Waals surface area contributed by atoms with Crippen LogP contribution in [-0.2, 0) is 27.3 Å². The quantitative estimate of drug-likeness (QED) is 0.220. The average molecular weight is 690 g/mol. The Morgan fingerprint density at radius 2 is 1.61 bits per heavy atom. The first-order chi connectivity index (χ1) is 23.7. The number of rotatable bonds is 14. The van der Waals surface area contributed by atoms with Crippen LogP contribution in [-0.4, -0.2) is 77.7 Å². The molecule has 5 rings (SSSR count). The second-order valence-corrected chi connectivity index (χ2v) is 13.7. The summed E-state index contributed by atoms with van der Waals surface area (Å²) in [6.07, 6.45) is 2.48. The summed E-state index contributed by atoms with van der Waals surface area (Å²) in [6, 6.07) is 20.9. The van der Waals surface area contributed by atoms with Crippen molar-refractivity contribution in [2.75, 3.05) is 39.3 Å². The summed E-state index contributed by atoms with van der Waals surface area (Å²) in [5, 5.41) is 7.08. The maximum absolute atomic E-state index is 15.3. The predicted octanol–water partition coefficient (Wildman–Crippen LogP) is 5.91. The van der Waals surface area contributed by atoms with Gasteiger partial charge in [-0.05, 0) is 40.8 Å². The predicted molar refractivity (Wildman–Crippen MR) is 191 cm³/mol. The molecule has 2 aliphatic rings. The Morgan fingerprint density at radius 3 is 2.29 bits per heavy atom. The first kappa shape index (κ1) is 36.5. The van der Waals surface area contributed by atoms with Crippen LogP contribution in [0.3, 0.4) is 0 Å². The standard InChI is InChI=1S/C39H49ClFN5O3/c1-4-28(5-2)25-46(27(3)47)26-37(33-12-8-9-13-34(33)41)44-18-20-45(21-19-44)39(49)36(22-29-14-16-31(40)17-15-29)43-38(48)23-35-32-11-7-6-10-30(32)24-42-35/h6-17,28,35-37,42H,4-5,18-26H2,1-3H3,(H,43,48). The number of fused-ring (bicyclic) bond motifs is 1. The zero-order chi connectivity index (χ0) is 34.9. The van der Waals surface area contributed by atoms with Gasteiger partial charge in [-0.25, -0.2) is 4.39 Å². The number of piperazine rings is 1. The van der Waals surface area contributed by atoms with Gasteiger partial charge in [0.2, 0.25) is 17.7 Å². The first-order valence-electron chi connectivity index (χ1n) is 17.5. The molecule has 0 radical (unpaired) electrons. The van der Waals surface area contributed by atoms with Crippen molar-refractivity contribution < 1.29 is 18.8 Å². The molecule has 1 fully saturated rings. The van der Waals surface area contributed by atoms with E-state index in [1.165, 1.54) is 11.6 Å². The minimum absolute atomic E-state index is 0.0286. The van der Waals surface area contributed by atoms with Gasteiger partial charge in [-0.3, -0.25) is 19.3 Å². The van der Waals surface area contributed by atoms with E-state index in [4.69, 9.17) is 11.6 Å². The van der Waals surface area contributed by atoms with Crippen LogP contribution >= 0.6 is 11.6 Å². The molecule has 0 aromatic heterocycles. The van der Waals surface area contributed by atoms with Crippen molar-refractivity contribution in [3.05, 3.63) is 106 Å². The summed E-state index contributed by atoms with van der Waals surface area (Å²) < 4.78 is 15.3. The van der Waals surface area contributed by atoms with Gasteiger partial charge in [0.25, 0.3) is 0 Å². The molecule has 2 N–H and O–H groups in total. The lowest BCUT2D eigenvalue weighted by molar-refractivity contribution is -0.138. The van der Waals surface area contributed by atoms with E-state index in [1.54, 1.807) is 36.1 Å². The molecule has 3 amide bonds. The van der Waals surface area contributed by atoms with Gasteiger partial charge >= 0.3 is 0 Å². The third kappa shape index (κ3) is 9.47. The van der Waals surface area contributed by atoms with Crippen molar-refractivity contribution in [1.29, 1.82) is 0 Å². The lowest BCUT2D eigenvalue weighted by Gasteiger charge is -2.42. The van der Waals surface area contributed by atoms with E-state index in [1.807, 2.05) is 41.3 Å². The van der Waals surface area contributed by atoms with Crippen molar-refractivity contribution in [3.8, 4) is 0 Å². The molecule has 3 aromatic rings. The van der Waals surface area contributed by atoms with E-state index in [9.17, 15) is 14.4 Å². The van der Waals surface area contributed by atoms with Gasteiger partial charge in [0.05, 0.1) is 6.04 Å². The van der Waals surface area contributed by atoms with E-state index < -0.39 is 6.04 Å². The molecule has 49 heavy (non-hydrogen) atoms. The summed E-state index contributed by atoms with van der Waals surface area (Å²) in [7, 11) is 0. The van der Waals surface area contributed by atoms with Crippen molar-refractivity contribution in [3.63, 3.8) is 0 Å². The molecule has 3 unspecified atom stereocenters. The van der Waals surface area contributed by atoms with Gasteiger partial charge in [-0.2, -0.15) is 0 Å². The van der Waals surface area contributed by atoms with Crippen LogP contribution in [0.2, 0.25) is 5.02 Å². The number of carbonyl (C=O) groups is 3. The Balaban J connectivity index is 1.29. The van der Waals surface area contributed by atoms with Crippen LogP contribution in [0.1, 0.15) is 74.4 Å². The fraction of sp³-hybridized carbons (Fsp3) is 0.462. The summed E-state index contributed by atoms with van der Waals surface area (Å²) in [6.45, 7) is 9.39. The van der Waals surface area contributed by atoms with Gasteiger partial charge in [0.1, 0.15) is 11.9 Å². The number of carbonyl (C=O) groups excluding carboxylic acids is 3. The number of halogens is 2. The van der Waals surface area contributed by atoms with E-state index in [2.05, 4.69) is 35.4 Å². The average Bonchev–Trinajstić information content (AvgIpc) is 3.51. The first-order valence-corrected chi connectivity index (χ1v) is 17.9. The molecule has 3 aromatic carbocycles. The highest BCUT2D eigenvalue weighted by molar-refractivity contribution is 6.30. The summed E-state index contributed by atoms with van der Waals surface area (Å²) in [4.78, 5) is 46.2. The van der Waals surface area contributed by atoms with Gasteiger partial charge in [0, 0.05) is 82.2 Å². The lowest BCUT2D eigenvalue weighted by Crippen LogP contribution is -2.57. The molecule has 0 saturated carbocycles. The third-order valence-corrected chi connectivity index (χ3v) is 10.4. The largest absolute Gasteiger partial charge is 0.344 e. The van der Waals surface area contributed by atoms with Crippen LogP contribution in [0, 0.1) is 11.7 Å². The molecule has 0 bridgehead atoms. The van der Waals surface area contributed by atoms with Crippen LogP contribution < -0.4 is 10.6 Å². The zero-order valence-electron chi connectivity index (χ0n) is 28.8. The van der Waals surface area contributed by atoms with Crippen LogP contribution in [0.15, 0.2) is 72.8 Å². The molecule has 0 aliphatic carbocycles. The highest BCUT2D eigenvalue weighted by Gasteiger charge is 2.34. The number of hydrogen-bond donors (Lipinski definition) is 2. The second kappa shape index (κ2) is 17.2. The molecule has 10 heteroatoms. The van der Waals surface area contributed by atoms with Crippen molar-refractivity contribution in [2.45, 2.75) is 71.1 Å². The summed E-state index contributed by atoms with van der Waals surface area (Å²) in [5.74, 6) is -0.307. The number of nitrogens with one attached hydrogen (secondary N) is 2. The molecule has 3 atom stereocenters. The highest BCUT2D eigenvalue weighted by Crippen LogP contribution is 2.29. The maximum Gasteiger partial charge on any atom is 0.245 e. The fourth-order valence-corrected chi connectivity index (χ4v) is 7.21. The van der Waals surface area contributed by atoms with Crippen LogP contribution in [0.25, 0.3) is 0 Å². The van der Waals surface area contributed by atoms with Crippen molar-refractivity contribution >= 4 is 29.3 Å². The molecule has 2 heterocycles. The van der Waals surface area contributed by atoms with Crippen LogP contribution in [0.5, 0.6) is 0 Å². The lowest BCUT2D eigenvalue weighted by atomic mass is 9.99. The van der Waals surface area contributed by atoms with Crippen molar-refractivity contribution in [2.24, 2.45) is 5.92 Å². The molecule has 8 nitrogen and oxygen atoms in total. The Labute approximate surface area is 295 Å². The Bertz CT molecular complexity index is 1570. The molecule has 1 saturated heterocycles. The zero-order valence-corrected chi connectivity index (χ0v) is 29.6. The normalized spacial score (nSPS) is 17.4. The van der Waals surface area contributed by atoms with E-state index in [0.717, 1.165) is 24.0 Å². The van der Waals surface area contributed by atoms with E-state index in [-0.39, 0.29) is 42.0 Å². The van der Waals surface area contributed by atoms with E-state index in [0.29, 0.717) is 68.7 Å². The molecule has 262 valence electrons. The summed E-state index contributed by atoms with van der Waals surface area (Å²) in [5.41, 5.74) is 3.74. The monoisotopic (exact) mass is 689 g/mol. The molecule has 0 spiro atoms. The Morgan fingerprint density at radius 1 is 0.939 bits per heavy atom. The number of nitrogens with zero attached hydrogens (tertiary/aromatic N) is 3. The minimum Gasteiger partial charge on any atom is -0.344 e. The van der Waals surface area contributed by atoms with Gasteiger partial charge in [0.15, 0.2) is 0 Å². The number of benzene rings is 3. The van der Waals surface area contributed by atoms with Gasteiger partial charge in [-0.1, -0.05) is 92.9 Å². The van der Waals surface area contributed by atoms with E-state index >= 15 is 4.39 Å². The molecular formula is C39H49ClFN5O3. The molecule has 2 aliphatic heterocycles. The second-order valence-electron chi connectivity index (χ2n) is 13.3. The Hall–Kier alpha value is -3.79. The number of amides is 3. The third-order valence-electron chi connectivity index (χ3n) is 10.1. The Kier molecular flexibility index (Phi) is 12.8. The van der Waals surface area contributed by atoms with Gasteiger partial charge in [-0.15, -0.1) is 0 Å². The molecular weight excluding hydrogens is 641 g/mol. The highest BCUT2D eigenvalue weighted by atomic mass is 35.5. The van der Waals surface area contributed by atoms with Crippen LogP contribution in [0.4, 0.5) is 4.39 Å². The SMILES string of the molecule is CCC(CC)CN(CC(c1ccccc1F)N1CCN(C(=O)C(Cc2ccc(Cl)cc2)NC(=O)CC2NCc3ccccc32)CC1)C(C)=O. The minimum atomic E-state index is -0.757. The number of hydrogen-bond acceptors (Lipinski definition) is 5. The van der Waals surface area contributed by atoms with Gasteiger partial charge < -0.3 is 20.4 Å².